The Bertz CT molecular complexity index is 3480. The van der Waals surface area contributed by atoms with Crippen LogP contribution in [0, 0.1) is 0 Å². The normalized spacial score (nSPS) is 12.0. The van der Waals surface area contributed by atoms with Crippen LogP contribution in [0.3, 0.4) is 0 Å². The molecule has 55 heavy (non-hydrogen) atoms. The number of hydrogen-bond donors (Lipinski definition) is 0. The Morgan fingerprint density at radius 1 is 0.364 bits per heavy atom. The van der Waals surface area contributed by atoms with Crippen LogP contribution in [0.15, 0.2) is 188 Å². The molecule has 0 atom stereocenters. The van der Waals surface area contributed by atoms with Crippen molar-refractivity contribution in [3.63, 3.8) is 0 Å². The molecule has 4 heteroatoms. The van der Waals surface area contributed by atoms with Gasteiger partial charge < -0.3 is 9.13 Å². The molecule has 0 radical (unpaired) electrons. The van der Waals surface area contributed by atoms with Gasteiger partial charge >= 0.3 is 0 Å². The Morgan fingerprint density at radius 2 is 0.873 bits per heavy atom. The molecule has 0 aliphatic rings. The molecule has 3 nitrogen and oxygen atoms in total. The first-order valence-corrected chi connectivity index (χ1v) is 19.5. The number of hydrogen-bond acceptors (Lipinski definition) is 2. The van der Waals surface area contributed by atoms with Crippen molar-refractivity contribution in [1.82, 2.24) is 14.1 Å². The summed E-state index contributed by atoms with van der Waals surface area (Å²) in [7, 11) is 0. The van der Waals surface area contributed by atoms with E-state index in [1.807, 2.05) is 11.3 Å². The van der Waals surface area contributed by atoms with Crippen LogP contribution < -0.4 is 0 Å². The van der Waals surface area contributed by atoms with Crippen LogP contribution in [0.2, 0.25) is 0 Å². The zero-order valence-electron chi connectivity index (χ0n) is 29.6. The molecule has 0 saturated heterocycles. The lowest BCUT2D eigenvalue weighted by atomic mass is 10.0. The summed E-state index contributed by atoms with van der Waals surface area (Å²) in [6, 6.07) is 68.3. The summed E-state index contributed by atoms with van der Waals surface area (Å²) in [6.45, 7) is 0. The molecule has 4 heterocycles. The Labute approximate surface area is 320 Å². The Kier molecular flexibility index (Phi) is 6.50. The van der Waals surface area contributed by atoms with E-state index in [0.717, 1.165) is 22.1 Å². The maximum atomic E-state index is 5.23. The van der Waals surface area contributed by atoms with Crippen molar-refractivity contribution in [3.8, 4) is 33.6 Å². The lowest BCUT2D eigenvalue weighted by molar-refractivity contribution is 1.18. The molecule has 0 aliphatic carbocycles. The number of para-hydroxylation sites is 3. The first-order valence-electron chi connectivity index (χ1n) is 18.7. The topological polar surface area (TPSA) is 22.8 Å². The molecular formula is C51H31N3S. The van der Waals surface area contributed by atoms with Gasteiger partial charge in [-0.1, -0.05) is 127 Å². The van der Waals surface area contributed by atoms with E-state index in [1.165, 1.54) is 86.3 Å². The summed E-state index contributed by atoms with van der Waals surface area (Å²) in [4.78, 5) is 5.23. The van der Waals surface area contributed by atoms with Gasteiger partial charge in [0.2, 0.25) is 0 Å². The van der Waals surface area contributed by atoms with E-state index >= 15 is 0 Å². The van der Waals surface area contributed by atoms with Gasteiger partial charge in [-0.15, -0.1) is 11.3 Å². The highest BCUT2D eigenvalue weighted by atomic mass is 32.1. The number of aromatic nitrogens is 3. The third-order valence-electron chi connectivity index (χ3n) is 11.3. The van der Waals surface area contributed by atoms with Crippen molar-refractivity contribution in [2.24, 2.45) is 0 Å². The number of thiophene rings is 1. The molecule has 8 aromatic carbocycles. The summed E-state index contributed by atoms with van der Waals surface area (Å²) in [5.74, 6) is 0. The maximum absolute atomic E-state index is 5.23. The summed E-state index contributed by atoms with van der Waals surface area (Å²) < 4.78 is 7.35. The van der Waals surface area contributed by atoms with Crippen LogP contribution in [-0.4, -0.2) is 14.1 Å². The predicted octanol–water partition coefficient (Wildman–Crippen LogP) is 14.1. The van der Waals surface area contributed by atoms with Crippen molar-refractivity contribution >= 4 is 86.2 Å². The highest BCUT2D eigenvalue weighted by molar-refractivity contribution is 7.26. The molecule has 0 unspecified atom stereocenters. The maximum Gasteiger partial charge on any atom is 0.0917 e. The molecule has 12 rings (SSSR count). The van der Waals surface area contributed by atoms with E-state index in [2.05, 4.69) is 197 Å². The van der Waals surface area contributed by atoms with Crippen LogP contribution in [0.1, 0.15) is 0 Å². The minimum atomic E-state index is 1.01. The van der Waals surface area contributed by atoms with E-state index in [-0.39, 0.29) is 0 Å². The van der Waals surface area contributed by atoms with Gasteiger partial charge in [0.25, 0.3) is 0 Å². The van der Waals surface area contributed by atoms with Crippen molar-refractivity contribution in [2.45, 2.75) is 0 Å². The first-order chi connectivity index (χ1) is 27.3. The van der Waals surface area contributed by atoms with Gasteiger partial charge in [0.1, 0.15) is 0 Å². The van der Waals surface area contributed by atoms with Gasteiger partial charge in [-0.3, -0.25) is 0 Å². The Balaban J connectivity index is 1.05. The average Bonchev–Trinajstić information content (AvgIpc) is 3.90. The fraction of sp³-hybridized carbons (Fsp3) is 0. The third-order valence-corrected chi connectivity index (χ3v) is 12.5. The zero-order chi connectivity index (χ0) is 36.0. The molecule has 12 aromatic rings. The number of benzene rings is 8. The lowest BCUT2D eigenvalue weighted by Gasteiger charge is -2.13. The monoisotopic (exact) mass is 717 g/mol. The average molecular weight is 718 g/mol. The van der Waals surface area contributed by atoms with Gasteiger partial charge in [0, 0.05) is 42.7 Å². The number of fused-ring (bicyclic) bond motifs is 10. The van der Waals surface area contributed by atoms with E-state index in [9.17, 15) is 0 Å². The largest absolute Gasteiger partial charge is 0.309 e. The van der Waals surface area contributed by atoms with Gasteiger partial charge in [0.05, 0.1) is 43.5 Å². The van der Waals surface area contributed by atoms with E-state index in [0.29, 0.717) is 0 Å². The second-order valence-electron chi connectivity index (χ2n) is 14.3. The van der Waals surface area contributed by atoms with Gasteiger partial charge in [0.15, 0.2) is 0 Å². The van der Waals surface area contributed by atoms with Crippen molar-refractivity contribution in [2.75, 3.05) is 0 Å². The molecule has 256 valence electrons. The molecule has 0 fully saturated rings. The molecule has 4 aromatic heterocycles. The number of rotatable bonds is 4. The molecule has 0 bridgehead atoms. The lowest BCUT2D eigenvalue weighted by Crippen LogP contribution is -1.97. The van der Waals surface area contributed by atoms with Gasteiger partial charge in [-0.25, -0.2) is 4.98 Å². The summed E-state index contributed by atoms with van der Waals surface area (Å²) in [5, 5.41) is 7.35. The van der Waals surface area contributed by atoms with Crippen molar-refractivity contribution < 1.29 is 0 Å². The molecule has 0 saturated carbocycles. The fourth-order valence-corrected chi connectivity index (χ4v) is 9.99. The predicted molar refractivity (Wildman–Crippen MR) is 234 cm³/mol. The summed E-state index contributed by atoms with van der Waals surface area (Å²) >= 11 is 1.83. The smallest absolute Gasteiger partial charge is 0.0917 e. The summed E-state index contributed by atoms with van der Waals surface area (Å²) in [6.07, 6.45) is 0. The second-order valence-corrected chi connectivity index (χ2v) is 15.4. The fourth-order valence-electron chi connectivity index (χ4n) is 8.80. The van der Waals surface area contributed by atoms with Crippen LogP contribution in [0.4, 0.5) is 0 Å². The van der Waals surface area contributed by atoms with Crippen LogP contribution in [-0.2, 0) is 0 Å². The number of nitrogens with zero attached hydrogens (tertiary/aromatic N) is 3. The van der Waals surface area contributed by atoms with Crippen LogP contribution >= 0.6 is 11.3 Å². The minimum Gasteiger partial charge on any atom is -0.309 e. The minimum absolute atomic E-state index is 1.01. The van der Waals surface area contributed by atoms with E-state index in [1.54, 1.807) is 0 Å². The van der Waals surface area contributed by atoms with Gasteiger partial charge in [-0.2, -0.15) is 0 Å². The number of pyridine rings is 1. The summed E-state index contributed by atoms with van der Waals surface area (Å²) in [5.41, 5.74) is 14.1. The first kappa shape index (κ1) is 30.5. The second kappa shape index (κ2) is 11.7. The standard InChI is InChI=1S/C51H31N3S/c1-2-12-32(13-3-1)33-22-26-36(27-23-33)53-44-19-9-5-14-37(44)41-30-34(24-28-46(41)53)35-25-29-47-42(31-35)38-15-6-10-20-45(38)54(47)50-39-16-4-8-18-43(39)52-49-40-17-7-11-21-48(40)55-51(49)50/h1-31H. The van der Waals surface area contributed by atoms with Gasteiger partial charge in [-0.05, 0) is 82.9 Å². The SMILES string of the molecule is c1ccc(-c2ccc(-n3c4ccccc4c4cc(-c5ccc6c(c5)c5ccccc5n6-c5c6ccccc6nc6c5sc5ccccc56)ccc43)cc2)cc1. The Hall–Kier alpha value is -7.01. The van der Waals surface area contributed by atoms with Crippen LogP contribution in [0.25, 0.3) is 108 Å². The quantitative estimate of drug-likeness (QED) is 0.178. The zero-order valence-corrected chi connectivity index (χ0v) is 30.5. The molecular weight excluding hydrogens is 687 g/mol. The van der Waals surface area contributed by atoms with E-state index in [4.69, 9.17) is 4.98 Å². The van der Waals surface area contributed by atoms with Crippen molar-refractivity contribution in [1.29, 1.82) is 0 Å². The third kappa shape index (κ3) is 4.52. The van der Waals surface area contributed by atoms with Crippen LogP contribution in [0.5, 0.6) is 0 Å². The molecule has 0 spiro atoms. The molecule has 0 N–H and O–H groups in total. The highest BCUT2D eigenvalue weighted by Crippen LogP contribution is 2.44. The molecule has 0 amide bonds. The Morgan fingerprint density at radius 3 is 1.58 bits per heavy atom. The van der Waals surface area contributed by atoms with Crippen molar-refractivity contribution in [3.05, 3.63) is 188 Å². The molecule has 0 aliphatic heterocycles. The van der Waals surface area contributed by atoms with E-state index < -0.39 is 0 Å². The highest BCUT2D eigenvalue weighted by Gasteiger charge is 2.21.